The third kappa shape index (κ3) is 3.74. The molecule has 0 aliphatic carbocycles. The van der Waals surface area contributed by atoms with Crippen LogP contribution in [0.15, 0.2) is 18.2 Å². The molecule has 1 aromatic rings. The molecule has 94 valence electrons. The highest BCUT2D eigenvalue weighted by atomic mass is 16.3. The Hall–Kier alpha value is -1.01. The molecule has 0 saturated carbocycles. The van der Waals surface area contributed by atoms with Gasteiger partial charge in [0.2, 0.25) is 0 Å². The number of aliphatic hydroxyl groups excluding tert-OH is 1. The van der Waals surface area contributed by atoms with Gasteiger partial charge in [-0.15, -0.1) is 0 Å². The molecule has 0 saturated heterocycles. The molecule has 17 heavy (non-hydrogen) atoms. The summed E-state index contributed by atoms with van der Waals surface area (Å²) in [4.78, 5) is 4.55. The zero-order chi connectivity index (χ0) is 11.9. The van der Waals surface area contributed by atoms with Crippen molar-refractivity contribution in [3.63, 3.8) is 0 Å². The molecule has 1 aliphatic heterocycles. The summed E-state index contributed by atoms with van der Waals surface area (Å²) in [6.45, 7) is 4.47. The van der Waals surface area contributed by atoms with Crippen molar-refractivity contribution in [3.05, 3.63) is 29.6 Å². The van der Waals surface area contributed by atoms with Gasteiger partial charge in [0.25, 0.3) is 0 Å². The summed E-state index contributed by atoms with van der Waals surface area (Å²) < 4.78 is 0. The molecule has 2 bridgehead atoms. The molecular formula is C12H20N4O. The van der Waals surface area contributed by atoms with Crippen LogP contribution in [0.2, 0.25) is 0 Å². The number of aliphatic hydroxyl groups is 1. The molecule has 1 aromatic heterocycles. The molecule has 0 fully saturated rings. The van der Waals surface area contributed by atoms with Crippen LogP contribution in [0.25, 0.3) is 0 Å². The Morgan fingerprint density at radius 2 is 2.00 bits per heavy atom. The van der Waals surface area contributed by atoms with Gasteiger partial charge in [-0.25, -0.2) is 0 Å². The van der Waals surface area contributed by atoms with Crippen LogP contribution in [0.3, 0.4) is 0 Å². The minimum Gasteiger partial charge on any atom is -0.394 e. The van der Waals surface area contributed by atoms with Gasteiger partial charge in [-0.2, -0.15) is 0 Å². The number of fused-ring (bicyclic) bond motifs is 2. The van der Waals surface area contributed by atoms with E-state index in [1.165, 1.54) is 0 Å². The largest absolute Gasteiger partial charge is 0.394 e. The SMILES string of the molecule is OCC1NCCNCCNCc2cccc1n2. The van der Waals surface area contributed by atoms with E-state index < -0.39 is 0 Å². The van der Waals surface area contributed by atoms with Crippen molar-refractivity contribution in [2.24, 2.45) is 0 Å². The van der Waals surface area contributed by atoms with Crippen LogP contribution in [0, 0.1) is 0 Å². The van der Waals surface area contributed by atoms with Crippen LogP contribution >= 0.6 is 0 Å². The Kier molecular flexibility index (Phi) is 4.88. The van der Waals surface area contributed by atoms with Crippen molar-refractivity contribution in [3.8, 4) is 0 Å². The number of hydrogen-bond donors (Lipinski definition) is 4. The van der Waals surface area contributed by atoms with Gasteiger partial charge in [0.05, 0.1) is 24.0 Å². The average Bonchev–Trinajstić information content (AvgIpc) is 2.36. The Bertz CT molecular complexity index is 345. The van der Waals surface area contributed by atoms with Crippen molar-refractivity contribution in [1.29, 1.82) is 0 Å². The second-order valence-electron chi connectivity index (χ2n) is 4.17. The summed E-state index contributed by atoms with van der Waals surface area (Å²) in [5.41, 5.74) is 1.93. The van der Waals surface area contributed by atoms with Crippen LogP contribution < -0.4 is 16.0 Å². The zero-order valence-electron chi connectivity index (χ0n) is 9.95. The third-order valence-corrected chi connectivity index (χ3v) is 2.85. The van der Waals surface area contributed by atoms with Crippen molar-refractivity contribution < 1.29 is 5.11 Å². The monoisotopic (exact) mass is 236 g/mol. The summed E-state index contributed by atoms with van der Waals surface area (Å²) >= 11 is 0. The Labute approximate surface area is 102 Å². The maximum Gasteiger partial charge on any atom is 0.0730 e. The van der Waals surface area contributed by atoms with Crippen LogP contribution in [0.5, 0.6) is 0 Å². The summed E-state index contributed by atoms with van der Waals surface area (Å²) in [5, 5.41) is 19.3. The molecule has 5 heteroatoms. The normalized spacial score (nSPS) is 22.5. The summed E-state index contributed by atoms with van der Waals surface area (Å²) in [5.74, 6) is 0. The fraction of sp³-hybridized carbons (Fsp3) is 0.583. The number of aromatic nitrogens is 1. The number of nitrogens with zero attached hydrogens (tertiary/aromatic N) is 1. The van der Waals surface area contributed by atoms with Gasteiger partial charge in [-0.3, -0.25) is 4.98 Å². The molecule has 5 nitrogen and oxygen atoms in total. The first-order valence-corrected chi connectivity index (χ1v) is 6.11. The summed E-state index contributed by atoms with van der Waals surface area (Å²) in [6, 6.07) is 5.88. The molecule has 0 spiro atoms. The molecule has 2 heterocycles. The highest BCUT2D eigenvalue weighted by molar-refractivity contribution is 5.14. The number of nitrogens with one attached hydrogen (secondary N) is 3. The van der Waals surface area contributed by atoms with Gasteiger partial charge in [0, 0.05) is 32.7 Å². The van der Waals surface area contributed by atoms with E-state index in [9.17, 15) is 5.11 Å². The van der Waals surface area contributed by atoms with E-state index in [2.05, 4.69) is 20.9 Å². The predicted octanol–water partition coefficient (Wildman–Crippen LogP) is -0.603. The first-order chi connectivity index (χ1) is 8.40. The molecule has 0 aromatic carbocycles. The minimum atomic E-state index is -0.0730. The lowest BCUT2D eigenvalue weighted by Crippen LogP contribution is -2.36. The molecular weight excluding hydrogens is 216 g/mol. The third-order valence-electron chi connectivity index (χ3n) is 2.85. The molecule has 1 unspecified atom stereocenters. The Morgan fingerprint density at radius 1 is 1.18 bits per heavy atom. The van der Waals surface area contributed by atoms with E-state index in [1.807, 2.05) is 18.2 Å². The number of pyridine rings is 1. The summed E-state index contributed by atoms with van der Waals surface area (Å²) in [6.07, 6.45) is 0. The number of hydrogen-bond acceptors (Lipinski definition) is 5. The van der Waals surface area contributed by atoms with E-state index >= 15 is 0 Å². The highest BCUT2D eigenvalue weighted by Crippen LogP contribution is 2.10. The lowest BCUT2D eigenvalue weighted by Gasteiger charge is -2.18. The summed E-state index contributed by atoms with van der Waals surface area (Å²) in [7, 11) is 0. The Balaban J connectivity index is 2.12. The molecule has 0 radical (unpaired) electrons. The van der Waals surface area contributed by atoms with Gasteiger partial charge >= 0.3 is 0 Å². The van der Waals surface area contributed by atoms with Crippen molar-refractivity contribution in [1.82, 2.24) is 20.9 Å². The highest BCUT2D eigenvalue weighted by Gasteiger charge is 2.11. The van der Waals surface area contributed by atoms with Crippen LogP contribution in [0.1, 0.15) is 17.4 Å². The van der Waals surface area contributed by atoms with Crippen molar-refractivity contribution in [2.75, 3.05) is 32.8 Å². The van der Waals surface area contributed by atoms with Gasteiger partial charge in [-0.1, -0.05) is 6.07 Å². The van der Waals surface area contributed by atoms with Crippen molar-refractivity contribution >= 4 is 0 Å². The molecule has 1 atom stereocenters. The van der Waals surface area contributed by atoms with E-state index in [-0.39, 0.29) is 12.6 Å². The smallest absolute Gasteiger partial charge is 0.0730 e. The van der Waals surface area contributed by atoms with Crippen LogP contribution in [0.4, 0.5) is 0 Å². The van der Waals surface area contributed by atoms with Gasteiger partial charge in [0.15, 0.2) is 0 Å². The van der Waals surface area contributed by atoms with E-state index in [0.29, 0.717) is 0 Å². The van der Waals surface area contributed by atoms with E-state index in [1.54, 1.807) is 0 Å². The topological polar surface area (TPSA) is 69.2 Å². The second kappa shape index (κ2) is 6.66. The average molecular weight is 236 g/mol. The molecule has 4 N–H and O–H groups in total. The standard InChI is InChI=1S/C12H20N4O/c17-9-12-11-3-1-2-10(16-11)8-14-5-4-13-6-7-15-12/h1-3,12-15,17H,4-9H2. The van der Waals surface area contributed by atoms with Gasteiger partial charge in [0.1, 0.15) is 0 Å². The maximum absolute atomic E-state index is 9.38. The molecule has 0 amide bonds. The van der Waals surface area contributed by atoms with E-state index in [4.69, 9.17) is 0 Å². The van der Waals surface area contributed by atoms with Crippen LogP contribution in [-0.4, -0.2) is 42.9 Å². The number of rotatable bonds is 1. The fourth-order valence-electron chi connectivity index (χ4n) is 1.91. The fourth-order valence-corrected chi connectivity index (χ4v) is 1.91. The lowest BCUT2D eigenvalue weighted by atomic mass is 10.2. The predicted molar refractivity (Wildman–Crippen MR) is 66.6 cm³/mol. The van der Waals surface area contributed by atoms with E-state index in [0.717, 1.165) is 44.1 Å². The Morgan fingerprint density at radius 3 is 2.88 bits per heavy atom. The molecule has 2 rings (SSSR count). The zero-order valence-corrected chi connectivity index (χ0v) is 9.95. The van der Waals surface area contributed by atoms with Crippen LogP contribution in [-0.2, 0) is 6.54 Å². The lowest BCUT2D eigenvalue weighted by molar-refractivity contribution is 0.242. The molecule has 1 aliphatic rings. The van der Waals surface area contributed by atoms with Gasteiger partial charge in [-0.05, 0) is 12.1 Å². The minimum absolute atomic E-state index is 0.0730. The first kappa shape index (κ1) is 12.4. The van der Waals surface area contributed by atoms with Gasteiger partial charge < -0.3 is 21.1 Å². The van der Waals surface area contributed by atoms with Crippen molar-refractivity contribution in [2.45, 2.75) is 12.6 Å². The second-order valence-corrected chi connectivity index (χ2v) is 4.17. The first-order valence-electron chi connectivity index (χ1n) is 6.11. The maximum atomic E-state index is 9.38. The quantitative estimate of drug-likeness (QED) is 0.524.